The summed E-state index contributed by atoms with van der Waals surface area (Å²) in [6.07, 6.45) is 14.7. The van der Waals surface area contributed by atoms with Gasteiger partial charge in [0.05, 0.1) is 0 Å². The van der Waals surface area contributed by atoms with Gasteiger partial charge < -0.3 is 0 Å². The van der Waals surface area contributed by atoms with E-state index in [0.717, 1.165) is 23.7 Å². The van der Waals surface area contributed by atoms with E-state index >= 15 is 0 Å². The standard InChI is InChI=1S/C16H24.C3H6.C2H6.C2H4.H2/c1-11-5-4-6-14-13(11)9-10-16(3)12(2)7-8-15(14)16;1-3-2;2*1-2;/h4-6,11-13,15H,7-10H2,1-3H3;3H,1H2,2H3;1-2H3;1-2H2;1H/t11-,12?,13?,15?,16-;;;;/m1..../s1. The molecule has 0 aromatic carbocycles. The highest BCUT2D eigenvalue weighted by molar-refractivity contribution is 5.30. The fraction of sp³-hybridized carbons (Fsp3) is 0.652. The van der Waals surface area contributed by atoms with Crippen LogP contribution < -0.4 is 0 Å². The fourth-order valence-electron chi connectivity index (χ4n) is 4.56. The van der Waals surface area contributed by atoms with Crippen LogP contribution in [0.25, 0.3) is 0 Å². The second-order valence-corrected chi connectivity index (χ2v) is 7.00. The van der Waals surface area contributed by atoms with Gasteiger partial charge in [0, 0.05) is 1.43 Å². The lowest BCUT2D eigenvalue weighted by molar-refractivity contribution is 0.114. The lowest BCUT2D eigenvalue weighted by atomic mass is 9.58. The molecule has 3 rings (SSSR count). The Bertz CT molecular complexity index is 406. The van der Waals surface area contributed by atoms with Crippen molar-refractivity contribution in [1.82, 2.24) is 0 Å². The van der Waals surface area contributed by atoms with Crippen LogP contribution in [0.5, 0.6) is 0 Å². The van der Waals surface area contributed by atoms with Crippen molar-refractivity contribution in [3.63, 3.8) is 0 Å². The highest BCUT2D eigenvalue weighted by atomic mass is 14.5. The van der Waals surface area contributed by atoms with Crippen LogP contribution in [-0.4, -0.2) is 0 Å². The molecule has 0 heteroatoms. The van der Waals surface area contributed by atoms with Crippen molar-refractivity contribution in [2.24, 2.45) is 29.1 Å². The third-order valence-electron chi connectivity index (χ3n) is 5.97. The minimum atomic E-state index is 0. The Labute approximate surface area is 147 Å². The predicted octanol–water partition coefficient (Wildman–Crippen LogP) is 7.85. The van der Waals surface area contributed by atoms with Crippen LogP contribution in [0.4, 0.5) is 0 Å². The van der Waals surface area contributed by atoms with E-state index in [2.05, 4.69) is 58.7 Å². The molecule has 0 saturated heterocycles. The van der Waals surface area contributed by atoms with Crippen LogP contribution in [0.3, 0.4) is 0 Å². The van der Waals surface area contributed by atoms with Crippen molar-refractivity contribution in [1.29, 1.82) is 0 Å². The van der Waals surface area contributed by atoms with E-state index in [1.165, 1.54) is 25.7 Å². The molecule has 0 heterocycles. The molecule has 0 bridgehead atoms. The van der Waals surface area contributed by atoms with Gasteiger partial charge in [-0.15, -0.1) is 19.7 Å². The predicted molar refractivity (Wildman–Crippen MR) is 110 cm³/mol. The van der Waals surface area contributed by atoms with Crippen molar-refractivity contribution < 1.29 is 1.43 Å². The second-order valence-electron chi connectivity index (χ2n) is 7.00. The summed E-state index contributed by atoms with van der Waals surface area (Å²) in [6, 6.07) is 0. The van der Waals surface area contributed by atoms with Gasteiger partial charge in [0.25, 0.3) is 0 Å². The minimum Gasteiger partial charge on any atom is -0.106 e. The van der Waals surface area contributed by atoms with Crippen LogP contribution in [0.2, 0.25) is 0 Å². The molecule has 0 aromatic rings. The Hall–Kier alpha value is -1.04. The summed E-state index contributed by atoms with van der Waals surface area (Å²) in [5.74, 6) is 3.48. The van der Waals surface area contributed by atoms with E-state index in [1.807, 2.05) is 20.8 Å². The van der Waals surface area contributed by atoms with Gasteiger partial charge in [-0.05, 0) is 61.7 Å². The molecule has 0 amide bonds. The van der Waals surface area contributed by atoms with Gasteiger partial charge >= 0.3 is 0 Å². The molecular weight excluding hydrogens is 276 g/mol. The summed E-state index contributed by atoms with van der Waals surface area (Å²) in [5.41, 5.74) is 2.42. The lowest BCUT2D eigenvalue weighted by Gasteiger charge is -2.47. The molecule has 0 aliphatic heterocycles. The molecule has 23 heavy (non-hydrogen) atoms. The number of hydrogen-bond donors (Lipinski definition) is 0. The maximum absolute atomic E-state index is 3.36. The van der Waals surface area contributed by atoms with E-state index in [-0.39, 0.29) is 1.43 Å². The topological polar surface area (TPSA) is 0 Å². The van der Waals surface area contributed by atoms with Crippen molar-refractivity contribution >= 4 is 0 Å². The number of allylic oxidation sites excluding steroid dienone is 5. The van der Waals surface area contributed by atoms with Gasteiger partial charge in [-0.1, -0.05) is 64.5 Å². The summed E-state index contributed by atoms with van der Waals surface area (Å²) < 4.78 is 0. The smallest absolute Gasteiger partial charge is 0 e. The number of fused-ring (bicyclic) bond motifs is 3. The molecular formula is C23H42. The van der Waals surface area contributed by atoms with Gasteiger partial charge in [0.2, 0.25) is 0 Å². The first-order chi connectivity index (χ1) is 11.0. The average molecular weight is 319 g/mol. The maximum atomic E-state index is 3.36. The Kier molecular flexibility index (Phi) is 10.2. The zero-order valence-corrected chi connectivity index (χ0v) is 16.6. The molecule has 5 atom stereocenters. The molecule has 3 aliphatic rings. The molecule has 134 valence electrons. The van der Waals surface area contributed by atoms with Gasteiger partial charge in [-0.2, -0.15) is 0 Å². The van der Waals surface area contributed by atoms with Crippen LogP contribution >= 0.6 is 0 Å². The van der Waals surface area contributed by atoms with E-state index in [1.54, 1.807) is 11.6 Å². The first-order valence-corrected chi connectivity index (χ1v) is 9.50. The van der Waals surface area contributed by atoms with E-state index in [9.17, 15) is 0 Å². The molecule has 0 radical (unpaired) electrons. The maximum Gasteiger partial charge on any atom is 0 e. The molecule has 2 fully saturated rings. The molecule has 0 N–H and O–H groups in total. The first kappa shape index (κ1) is 22.0. The first-order valence-electron chi connectivity index (χ1n) is 9.50. The van der Waals surface area contributed by atoms with E-state index in [4.69, 9.17) is 0 Å². The summed E-state index contributed by atoms with van der Waals surface area (Å²) in [4.78, 5) is 0. The Morgan fingerprint density at radius 2 is 1.74 bits per heavy atom. The SMILES string of the molecule is C=C.C=CC.CC.CC1CCC2C3=CC=C[C@@H](C)C3CC[C@]12C.[HH]. The summed E-state index contributed by atoms with van der Waals surface area (Å²) >= 11 is 0. The lowest BCUT2D eigenvalue weighted by Crippen LogP contribution is -2.38. The Balaban J connectivity index is 0. The highest BCUT2D eigenvalue weighted by Crippen LogP contribution is 2.60. The van der Waals surface area contributed by atoms with E-state index < -0.39 is 0 Å². The number of hydrogen-bond acceptors (Lipinski definition) is 0. The Morgan fingerprint density at radius 3 is 2.30 bits per heavy atom. The molecule has 0 nitrogen and oxygen atoms in total. The zero-order valence-electron chi connectivity index (χ0n) is 16.6. The summed E-state index contributed by atoms with van der Waals surface area (Å²) in [5, 5.41) is 0. The van der Waals surface area contributed by atoms with E-state index in [0.29, 0.717) is 5.41 Å². The third kappa shape index (κ3) is 4.72. The summed E-state index contributed by atoms with van der Waals surface area (Å²) in [6.45, 7) is 22.7. The van der Waals surface area contributed by atoms with Gasteiger partial charge in [0.1, 0.15) is 0 Å². The van der Waals surface area contributed by atoms with Crippen molar-refractivity contribution in [2.75, 3.05) is 0 Å². The van der Waals surface area contributed by atoms with Gasteiger partial charge in [-0.25, -0.2) is 0 Å². The Morgan fingerprint density at radius 1 is 1.17 bits per heavy atom. The van der Waals surface area contributed by atoms with Gasteiger partial charge in [0.15, 0.2) is 0 Å². The highest BCUT2D eigenvalue weighted by Gasteiger charge is 2.50. The summed E-state index contributed by atoms with van der Waals surface area (Å²) in [7, 11) is 0. The molecule has 0 aromatic heterocycles. The third-order valence-corrected chi connectivity index (χ3v) is 5.97. The van der Waals surface area contributed by atoms with Crippen LogP contribution in [0.1, 0.15) is 68.7 Å². The molecule has 3 unspecified atom stereocenters. The second kappa shape index (κ2) is 10.7. The monoisotopic (exact) mass is 318 g/mol. The molecule has 0 spiro atoms. The number of rotatable bonds is 0. The van der Waals surface area contributed by atoms with Crippen molar-refractivity contribution in [3.05, 3.63) is 49.6 Å². The zero-order chi connectivity index (χ0) is 18.0. The minimum absolute atomic E-state index is 0. The fourth-order valence-corrected chi connectivity index (χ4v) is 4.56. The molecule has 2 saturated carbocycles. The largest absolute Gasteiger partial charge is 0.106 e. The van der Waals surface area contributed by atoms with Gasteiger partial charge in [-0.3, -0.25) is 0 Å². The quantitative estimate of drug-likeness (QED) is 0.399. The van der Waals surface area contributed by atoms with Crippen LogP contribution in [0.15, 0.2) is 49.6 Å². The normalized spacial score (nSPS) is 36.3. The average Bonchev–Trinajstić information content (AvgIpc) is 2.88. The van der Waals surface area contributed by atoms with Crippen LogP contribution in [0, 0.1) is 29.1 Å². The van der Waals surface area contributed by atoms with Crippen LogP contribution in [-0.2, 0) is 0 Å². The molecule has 3 aliphatic carbocycles. The van der Waals surface area contributed by atoms with Crippen molar-refractivity contribution in [3.8, 4) is 0 Å². The van der Waals surface area contributed by atoms with Crippen molar-refractivity contribution in [2.45, 2.75) is 67.2 Å².